The molecule has 0 aromatic heterocycles. The molecule has 4 N–H and O–H groups in total. The van der Waals surface area contributed by atoms with Gasteiger partial charge in [-0.2, -0.15) is 0 Å². The molecule has 3 nitrogen and oxygen atoms in total. The van der Waals surface area contributed by atoms with Crippen LogP contribution in [-0.2, 0) is 0 Å². The zero-order valence-electron chi connectivity index (χ0n) is 6.86. The van der Waals surface area contributed by atoms with E-state index in [1.54, 1.807) is 0 Å². The molecule has 0 aromatic rings. The van der Waals surface area contributed by atoms with Gasteiger partial charge in [0.05, 0.1) is 0 Å². The maximum atomic E-state index is 8.44. The normalized spacial score (nSPS) is 12.0. The Morgan fingerprint density at radius 3 is 2.27 bits per heavy atom. The first kappa shape index (κ1) is 13.8. The van der Waals surface area contributed by atoms with Crippen LogP contribution in [0.25, 0.3) is 0 Å². The molecule has 1 atom stereocenters. The molecule has 0 bridgehead atoms. The van der Waals surface area contributed by atoms with E-state index in [0.717, 1.165) is 19.3 Å². The second kappa shape index (κ2) is 8.33. The lowest BCUT2D eigenvalue weighted by Crippen LogP contribution is -2.15. The molecular formula is C6H17BClNO2. The fourth-order valence-corrected chi connectivity index (χ4v) is 0.793. The highest BCUT2D eigenvalue weighted by Crippen LogP contribution is 2.02. The monoisotopic (exact) mass is 181 g/mol. The first-order valence-corrected chi connectivity index (χ1v) is 3.74. The molecule has 0 aliphatic rings. The molecule has 0 aliphatic heterocycles. The highest BCUT2D eigenvalue weighted by molar-refractivity contribution is 6.40. The van der Waals surface area contributed by atoms with Crippen LogP contribution in [0.3, 0.4) is 0 Å². The minimum Gasteiger partial charge on any atom is -0.427 e. The smallest absolute Gasteiger partial charge is 0.427 e. The summed E-state index contributed by atoms with van der Waals surface area (Å²) in [4.78, 5) is 0. The van der Waals surface area contributed by atoms with Crippen molar-refractivity contribution in [3.63, 3.8) is 0 Å². The van der Waals surface area contributed by atoms with Crippen LogP contribution in [0.2, 0.25) is 6.32 Å². The molecule has 11 heavy (non-hydrogen) atoms. The molecule has 0 amide bonds. The van der Waals surface area contributed by atoms with Gasteiger partial charge < -0.3 is 15.8 Å². The van der Waals surface area contributed by atoms with Gasteiger partial charge in [-0.25, -0.2) is 0 Å². The van der Waals surface area contributed by atoms with Crippen molar-refractivity contribution < 1.29 is 10.0 Å². The summed E-state index contributed by atoms with van der Waals surface area (Å²) < 4.78 is 0. The van der Waals surface area contributed by atoms with Crippen LogP contribution in [0.1, 0.15) is 26.2 Å². The first-order chi connectivity index (χ1) is 4.63. The van der Waals surface area contributed by atoms with Crippen LogP contribution < -0.4 is 5.73 Å². The molecule has 0 saturated carbocycles. The molecule has 1 unspecified atom stereocenters. The van der Waals surface area contributed by atoms with Gasteiger partial charge >= 0.3 is 7.12 Å². The van der Waals surface area contributed by atoms with Crippen molar-refractivity contribution >= 4 is 19.5 Å². The van der Waals surface area contributed by atoms with Crippen molar-refractivity contribution in [3.8, 4) is 0 Å². The molecular weight excluding hydrogens is 164 g/mol. The summed E-state index contributed by atoms with van der Waals surface area (Å²) in [5.41, 5.74) is 5.48. The zero-order valence-corrected chi connectivity index (χ0v) is 7.68. The van der Waals surface area contributed by atoms with Crippen LogP contribution >= 0.6 is 12.4 Å². The fraction of sp³-hybridized carbons (Fsp3) is 1.00. The van der Waals surface area contributed by atoms with E-state index in [9.17, 15) is 0 Å². The van der Waals surface area contributed by atoms with Crippen LogP contribution in [0.4, 0.5) is 0 Å². The molecule has 0 aromatic carbocycles. The second-order valence-electron chi connectivity index (χ2n) is 2.74. The van der Waals surface area contributed by atoms with Gasteiger partial charge in [0.15, 0.2) is 0 Å². The van der Waals surface area contributed by atoms with Gasteiger partial charge in [-0.1, -0.05) is 12.8 Å². The van der Waals surface area contributed by atoms with Gasteiger partial charge in [-0.15, -0.1) is 12.4 Å². The number of hydrogen-bond donors (Lipinski definition) is 3. The van der Waals surface area contributed by atoms with Gasteiger partial charge in [0.1, 0.15) is 0 Å². The summed E-state index contributed by atoms with van der Waals surface area (Å²) in [6, 6.07) is 0.232. The van der Waals surface area contributed by atoms with E-state index in [-0.39, 0.29) is 18.4 Å². The second-order valence-corrected chi connectivity index (χ2v) is 2.74. The van der Waals surface area contributed by atoms with Gasteiger partial charge in [0.2, 0.25) is 0 Å². The van der Waals surface area contributed by atoms with E-state index in [1.807, 2.05) is 6.92 Å². The summed E-state index contributed by atoms with van der Waals surface area (Å²) in [5, 5.41) is 16.9. The van der Waals surface area contributed by atoms with Crippen molar-refractivity contribution in [2.45, 2.75) is 38.5 Å². The molecule has 0 aliphatic carbocycles. The topological polar surface area (TPSA) is 66.5 Å². The molecule has 0 radical (unpaired) electrons. The first-order valence-electron chi connectivity index (χ1n) is 3.74. The van der Waals surface area contributed by atoms with Crippen molar-refractivity contribution in [3.05, 3.63) is 0 Å². The summed E-state index contributed by atoms with van der Waals surface area (Å²) in [7, 11) is -1.15. The summed E-state index contributed by atoms with van der Waals surface area (Å²) in [5.74, 6) is 0. The molecule has 0 saturated heterocycles. The third-order valence-corrected chi connectivity index (χ3v) is 1.37. The molecule has 0 fully saturated rings. The Hall–Kier alpha value is 0.235. The summed E-state index contributed by atoms with van der Waals surface area (Å²) in [6.45, 7) is 1.95. The third-order valence-electron chi connectivity index (χ3n) is 1.37. The average molecular weight is 181 g/mol. The largest absolute Gasteiger partial charge is 0.451 e. The van der Waals surface area contributed by atoms with Crippen LogP contribution in [0.5, 0.6) is 0 Å². The molecule has 5 heteroatoms. The number of nitrogens with two attached hydrogens (primary N) is 1. The highest BCUT2D eigenvalue weighted by atomic mass is 35.5. The standard InChI is InChI=1S/C6H16BNO2.ClH/c1-6(8)4-2-3-5-7(9)10;/h6,9-10H,2-5,8H2,1H3;1H. The average Bonchev–Trinajstić information content (AvgIpc) is 1.79. The van der Waals surface area contributed by atoms with Crippen molar-refractivity contribution in [1.29, 1.82) is 0 Å². The van der Waals surface area contributed by atoms with E-state index < -0.39 is 7.12 Å². The molecule has 0 heterocycles. The number of unbranched alkanes of at least 4 members (excludes halogenated alkanes) is 1. The van der Waals surface area contributed by atoms with Gasteiger partial charge in [-0.05, 0) is 19.7 Å². The zero-order chi connectivity index (χ0) is 7.98. The predicted octanol–water partition coefficient (Wildman–Crippen LogP) is 0.399. The highest BCUT2D eigenvalue weighted by Gasteiger charge is 2.04. The van der Waals surface area contributed by atoms with E-state index in [1.165, 1.54) is 0 Å². The lowest BCUT2D eigenvalue weighted by atomic mass is 9.83. The third kappa shape index (κ3) is 13.3. The van der Waals surface area contributed by atoms with Crippen LogP contribution in [-0.4, -0.2) is 23.2 Å². The minimum absolute atomic E-state index is 0. The van der Waals surface area contributed by atoms with Crippen molar-refractivity contribution in [2.75, 3.05) is 0 Å². The van der Waals surface area contributed by atoms with Gasteiger partial charge in [-0.3, -0.25) is 0 Å². The Bertz CT molecular complexity index is 73.0. The maximum Gasteiger partial charge on any atom is 0.451 e. The van der Waals surface area contributed by atoms with E-state index in [0.29, 0.717) is 6.32 Å². The van der Waals surface area contributed by atoms with Crippen LogP contribution in [0.15, 0.2) is 0 Å². The maximum absolute atomic E-state index is 8.44. The summed E-state index contributed by atoms with van der Waals surface area (Å²) >= 11 is 0. The Balaban J connectivity index is 0. The van der Waals surface area contributed by atoms with Gasteiger partial charge in [0, 0.05) is 6.04 Å². The Morgan fingerprint density at radius 2 is 1.91 bits per heavy atom. The van der Waals surface area contributed by atoms with Gasteiger partial charge in [0.25, 0.3) is 0 Å². The number of halogens is 1. The van der Waals surface area contributed by atoms with E-state index in [2.05, 4.69) is 0 Å². The summed E-state index contributed by atoms with van der Waals surface area (Å²) in [6.07, 6.45) is 3.26. The molecule has 68 valence electrons. The predicted molar refractivity (Wildman–Crippen MR) is 49.7 cm³/mol. The van der Waals surface area contributed by atoms with Crippen molar-refractivity contribution in [1.82, 2.24) is 0 Å². The Morgan fingerprint density at radius 1 is 1.36 bits per heavy atom. The molecule has 0 rings (SSSR count). The van der Waals surface area contributed by atoms with Crippen LogP contribution in [0, 0.1) is 0 Å². The van der Waals surface area contributed by atoms with E-state index in [4.69, 9.17) is 15.8 Å². The van der Waals surface area contributed by atoms with Crippen molar-refractivity contribution in [2.24, 2.45) is 5.73 Å². The number of hydrogen-bond acceptors (Lipinski definition) is 3. The molecule has 0 spiro atoms. The SMILES string of the molecule is CC(N)CCCCB(O)O.Cl. The lowest BCUT2D eigenvalue weighted by molar-refractivity contribution is 0.401. The Labute approximate surface area is 74.5 Å². The lowest BCUT2D eigenvalue weighted by Gasteiger charge is -2.03. The fourth-order valence-electron chi connectivity index (χ4n) is 0.793. The minimum atomic E-state index is -1.15. The quantitative estimate of drug-likeness (QED) is 0.425. The van der Waals surface area contributed by atoms with E-state index >= 15 is 0 Å². The number of rotatable bonds is 5. The Kier molecular flexibility index (Phi) is 10.5.